The van der Waals surface area contributed by atoms with Crippen molar-refractivity contribution >= 4 is 41.3 Å². The summed E-state index contributed by atoms with van der Waals surface area (Å²) in [6.07, 6.45) is 4.93. The maximum Gasteiger partial charge on any atom is 0.191 e. The highest BCUT2D eigenvalue weighted by molar-refractivity contribution is 14.0. The molecule has 1 saturated heterocycles. The summed E-state index contributed by atoms with van der Waals surface area (Å²) < 4.78 is 0. The fourth-order valence-corrected chi connectivity index (χ4v) is 3.62. The molecule has 0 amide bonds. The lowest BCUT2D eigenvalue weighted by Crippen LogP contribution is -2.40. The van der Waals surface area contributed by atoms with Gasteiger partial charge in [0, 0.05) is 24.0 Å². The van der Waals surface area contributed by atoms with Gasteiger partial charge in [-0.05, 0) is 57.1 Å². The Morgan fingerprint density at radius 3 is 2.70 bits per heavy atom. The first kappa shape index (κ1) is 20.7. The van der Waals surface area contributed by atoms with Crippen LogP contribution in [0, 0.1) is 0 Å². The topological polar surface area (TPSA) is 39.7 Å². The highest BCUT2D eigenvalue weighted by atomic mass is 127. The maximum atomic E-state index is 4.80. The van der Waals surface area contributed by atoms with Crippen molar-refractivity contribution in [2.24, 2.45) is 4.99 Å². The van der Waals surface area contributed by atoms with Gasteiger partial charge in [-0.3, -0.25) is 9.89 Å². The first-order chi connectivity index (χ1) is 10.8. The molecule has 1 aromatic heterocycles. The molecule has 0 aromatic carbocycles. The van der Waals surface area contributed by atoms with Gasteiger partial charge in [0.05, 0.1) is 6.54 Å². The molecule has 2 N–H and O–H groups in total. The van der Waals surface area contributed by atoms with E-state index in [0.717, 1.165) is 32.0 Å². The Balaban J connectivity index is 0.00000264. The molecule has 2 heterocycles. The van der Waals surface area contributed by atoms with Crippen molar-refractivity contribution in [2.45, 2.75) is 45.6 Å². The second-order valence-electron chi connectivity index (χ2n) is 5.78. The summed E-state index contributed by atoms with van der Waals surface area (Å²) in [5, 5.41) is 8.95. The third kappa shape index (κ3) is 7.39. The summed E-state index contributed by atoms with van der Waals surface area (Å²) in [5.74, 6) is 0.955. The molecule has 1 unspecified atom stereocenters. The quantitative estimate of drug-likeness (QED) is 0.363. The molecule has 0 aliphatic carbocycles. The van der Waals surface area contributed by atoms with E-state index in [1.54, 1.807) is 0 Å². The van der Waals surface area contributed by atoms with Crippen LogP contribution in [0.3, 0.4) is 0 Å². The van der Waals surface area contributed by atoms with Crippen LogP contribution in [0.2, 0.25) is 0 Å². The average molecular weight is 450 g/mol. The van der Waals surface area contributed by atoms with E-state index in [1.807, 2.05) is 11.3 Å². The van der Waals surface area contributed by atoms with E-state index >= 15 is 0 Å². The zero-order valence-corrected chi connectivity index (χ0v) is 17.5. The molecular formula is C17H31IN4S. The number of thiophene rings is 1. The molecule has 0 radical (unpaired) electrons. The molecule has 1 aliphatic rings. The van der Waals surface area contributed by atoms with Gasteiger partial charge in [-0.25, -0.2) is 0 Å². The van der Waals surface area contributed by atoms with Gasteiger partial charge in [-0.1, -0.05) is 13.0 Å². The number of hydrogen-bond acceptors (Lipinski definition) is 3. The van der Waals surface area contributed by atoms with Crippen LogP contribution >= 0.6 is 35.3 Å². The van der Waals surface area contributed by atoms with Crippen LogP contribution in [-0.4, -0.2) is 49.6 Å². The Morgan fingerprint density at radius 2 is 2.09 bits per heavy atom. The average Bonchev–Trinajstić information content (AvgIpc) is 3.21. The Bertz CT molecular complexity index is 430. The van der Waals surface area contributed by atoms with Crippen molar-refractivity contribution in [3.63, 3.8) is 0 Å². The number of aliphatic imine (C=N–C) groups is 1. The second-order valence-corrected chi connectivity index (χ2v) is 6.81. The molecule has 0 saturated carbocycles. The number of guanidine groups is 1. The van der Waals surface area contributed by atoms with Crippen molar-refractivity contribution in [3.05, 3.63) is 22.4 Å². The number of halogens is 1. The van der Waals surface area contributed by atoms with E-state index in [4.69, 9.17) is 4.99 Å². The molecule has 6 heteroatoms. The Labute approximate surface area is 162 Å². The fraction of sp³-hybridized carbons (Fsp3) is 0.706. The first-order valence-electron chi connectivity index (χ1n) is 8.62. The number of likely N-dealkylation sites (tertiary alicyclic amines) is 1. The molecule has 4 nitrogen and oxygen atoms in total. The van der Waals surface area contributed by atoms with Crippen LogP contribution in [0.15, 0.2) is 22.5 Å². The highest BCUT2D eigenvalue weighted by Crippen LogP contribution is 2.14. The van der Waals surface area contributed by atoms with Crippen LogP contribution in [0.5, 0.6) is 0 Å². The summed E-state index contributed by atoms with van der Waals surface area (Å²) in [6.45, 7) is 9.62. The number of nitrogens with one attached hydrogen (secondary N) is 2. The minimum atomic E-state index is 0. The lowest BCUT2D eigenvalue weighted by molar-refractivity contribution is 0.242. The van der Waals surface area contributed by atoms with Crippen molar-refractivity contribution < 1.29 is 0 Å². The summed E-state index contributed by atoms with van der Waals surface area (Å²) in [5.41, 5.74) is 0. The van der Waals surface area contributed by atoms with E-state index in [0.29, 0.717) is 6.04 Å². The standard InChI is InChI=1S/C17H30N4S.HI/c1-3-15(21-11-5-6-12-21)14-20-17(18-4-2)19-10-9-16-8-7-13-22-16;/h7-8,13,15H,3-6,9-12,14H2,1-2H3,(H2,18,19,20);1H. The second kappa shape index (κ2) is 12.1. The Morgan fingerprint density at radius 1 is 1.30 bits per heavy atom. The molecule has 1 aliphatic heterocycles. The summed E-state index contributed by atoms with van der Waals surface area (Å²) >= 11 is 1.82. The monoisotopic (exact) mass is 450 g/mol. The van der Waals surface area contributed by atoms with Gasteiger partial charge < -0.3 is 10.6 Å². The van der Waals surface area contributed by atoms with Gasteiger partial charge in [0.15, 0.2) is 5.96 Å². The van der Waals surface area contributed by atoms with Crippen LogP contribution < -0.4 is 10.6 Å². The lowest BCUT2D eigenvalue weighted by Gasteiger charge is -2.25. The fourth-order valence-electron chi connectivity index (χ4n) is 2.91. The number of rotatable bonds is 8. The maximum absolute atomic E-state index is 4.80. The van der Waals surface area contributed by atoms with E-state index in [1.165, 1.54) is 37.2 Å². The minimum absolute atomic E-state index is 0. The lowest BCUT2D eigenvalue weighted by atomic mass is 10.2. The normalized spacial score (nSPS) is 16.9. The van der Waals surface area contributed by atoms with Crippen molar-refractivity contribution in [1.29, 1.82) is 0 Å². The largest absolute Gasteiger partial charge is 0.357 e. The van der Waals surface area contributed by atoms with Gasteiger partial charge in [0.2, 0.25) is 0 Å². The molecule has 1 fully saturated rings. The van der Waals surface area contributed by atoms with Gasteiger partial charge >= 0.3 is 0 Å². The van der Waals surface area contributed by atoms with Crippen LogP contribution in [0.4, 0.5) is 0 Å². The van der Waals surface area contributed by atoms with Crippen LogP contribution in [0.1, 0.15) is 38.0 Å². The van der Waals surface area contributed by atoms with Gasteiger partial charge in [0.1, 0.15) is 0 Å². The summed E-state index contributed by atoms with van der Waals surface area (Å²) in [7, 11) is 0. The highest BCUT2D eigenvalue weighted by Gasteiger charge is 2.19. The zero-order valence-electron chi connectivity index (χ0n) is 14.4. The summed E-state index contributed by atoms with van der Waals surface area (Å²) in [6, 6.07) is 4.90. The van der Waals surface area contributed by atoms with E-state index in [9.17, 15) is 0 Å². The zero-order chi connectivity index (χ0) is 15.6. The van der Waals surface area contributed by atoms with Gasteiger partial charge in [-0.15, -0.1) is 35.3 Å². The molecule has 2 rings (SSSR count). The SMILES string of the molecule is CCNC(=NCC(CC)N1CCCC1)NCCc1cccs1.I. The molecular weight excluding hydrogens is 419 g/mol. The molecule has 23 heavy (non-hydrogen) atoms. The number of hydrogen-bond donors (Lipinski definition) is 2. The van der Waals surface area contributed by atoms with E-state index in [2.05, 4.69) is 46.9 Å². The number of nitrogens with zero attached hydrogens (tertiary/aromatic N) is 2. The van der Waals surface area contributed by atoms with Crippen molar-refractivity contribution in [2.75, 3.05) is 32.7 Å². The Kier molecular flexibility index (Phi) is 10.9. The summed E-state index contributed by atoms with van der Waals surface area (Å²) in [4.78, 5) is 8.82. The third-order valence-electron chi connectivity index (χ3n) is 4.18. The van der Waals surface area contributed by atoms with Gasteiger partial charge in [-0.2, -0.15) is 0 Å². The Hall–Kier alpha value is -0.340. The molecule has 132 valence electrons. The molecule has 1 aromatic rings. The minimum Gasteiger partial charge on any atom is -0.357 e. The van der Waals surface area contributed by atoms with Crippen LogP contribution in [0.25, 0.3) is 0 Å². The molecule has 0 bridgehead atoms. The predicted octanol–water partition coefficient (Wildman–Crippen LogP) is 3.34. The predicted molar refractivity (Wildman–Crippen MR) is 112 cm³/mol. The van der Waals surface area contributed by atoms with E-state index in [-0.39, 0.29) is 24.0 Å². The van der Waals surface area contributed by atoms with Crippen LogP contribution in [-0.2, 0) is 6.42 Å². The molecule has 1 atom stereocenters. The van der Waals surface area contributed by atoms with Crippen molar-refractivity contribution in [3.8, 4) is 0 Å². The van der Waals surface area contributed by atoms with E-state index < -0.39 is 0 Å². The third-order valence-corrected chi connectivity index (χ3v) is 5.11. The van der Waals surface area contributed by atoms with Crippen molar-refractivity contribution in [1.82, 2.24) is 15.5 Å². The smallest absolute Gasteiger partial charge is 0.191 e. The van der Waals surface area contributed by atoms with Gasteiger partial charge in [0.25, 0.3) is 0 Å². The molecule has 0 spiro atoms. The first-order valence-corrected chi connectivity index (χ1v) is 9.50.